The Balaban J connectivity index is 2.04. The Labute approximate surface area is 128 Å². The molecule has 0 radical (unpaired) electrons. The van der Waals surface area contributed by atoms with Crippen LogP contribution in [-0.4, -0.2) is 19.0 Å². The van der Waals surface area contributed by atoms with Crippen molar-refractivity contribution in [1.82, 2.24) is 10.6 Å². The van der Waals surface area contributed by atoms with E-state index < -0.39 is 0 Å². The minimum absolute atomic E-state index is 0.0505. The lowest BCUT2D eigenvalue weighted by Gasteiger charge is -2.37. The fourth-order valence-corrected chi connectivity index (χ4v) is 3.19. The predicted molar refractivity (Wildman–Crippen MR) is 87.1 cm³/mol. The van der Waals surface area contributed by atoms with E-state index in [-0.39, 0.29) is 17.4 Å². The summed E-state index contributed by atoms with van der Waals surface area (Å²) < 4.78 is 0. The molecule has 0 bridgehead atoms. The zero-order valence-corrected chi connectivity index (χ0v) is 13.7. The predicted octanol–water partition coefficient (Wildman–Crippen LogP) is 3.20. The highest BCUT2D eigenvalue weighted by Gasteiger charge is 2.37. The van der Waals surface area contributed by atoms with Crippen molar-refractivity contribution in [1.29, 1.82) is 0 Å². The summed E-state index contributed by atoms with van der Waals surface area (Å²) in [7, 11) is 0. The van der Waals surface area contributed by atoms with Crippen LogP contribution in [0.1, 0.15) is 50.8 Å². The first-order chi connectivity index (χ1) is 9.93. The van der Waals surface area contributed by atoms with Gasteiger partial charge in [-0.15, -0.1) is 0 Å². The Morgan fingerprint density at radius 3 is 2.71 bits per heavy atom. The average molecular weight is 288 g/mol. The van der Waals surface area contributed by atoms with Gasteiger partial charge in [0.25, 0.3) is 0 Å². The Bertz CT molecular complexity index is 490. The van der Waals surface area contributed by atoms with Crippen LogP contribution in [0.15, 0.2) is 24.3 Å². The van der Waals surface area contributed by atoms with Gasteiger partial charge in [-0.3, -0.25) is 4.79 Å². The molecule has 0 spiro atoms. The van der Waals surface area contributed by atoms with E-state index in [1.165, 1.54) is 11.1 Å². The molecule has 1 heterocycles. The van der Waals surface area contributed by atoms with Crippen LogP contribution >= 0.6 is 0 Å². The average Bonchev–Trinajstić information content (AvgIpc) is 2.48. The van der Waals surface area contributed by atoms with Gasteiger partial charge in [-0.25, -0.2) is 0 Å². The van der Waals surface area contributed by atoms with Crippen molar-refractivity contribution in [2.24, 2.45) is 11.3 Å². The highest BCUT2D eigenvalue weighted by molar-refractivity contribution is 5.82. The molecule has 1 amide bonds. The van der Waals surface area contributed by atoms with E-state index in [2.05, 4.69) is 50.5 Å². The molecule has 2 rings (SSSR count). The Morgan fingerprint density at radius 1 is 1.38 bits per heavy atom. The maximum atomic E-state index is 12.7. The van der Waals surface area contributed by atoms with Gasteiger partial charge in [0.1, 0.15) is 0 Å². The van der Waals surface area contributed by atoms with Gasteiger partial charge in [0.05, 0.1) is 6.04 Å². The third-order valence-corrected chi connectivity index (χ3v) is 4.91. The maximum absolute atomic E-state index is 12.7. The summed E-state index contributed by atoms with van der Waals surface area (Å²) in [6.07, 6.45) is 2.29. The molecule has 3 heteroatoms. The first-order valence-corrected chi connectivity index (χ1v) is 8.00. The van der Waals surface area contributed by atoms with Crippen LogP contribution in [0.3, 0.4) is 0 Å². The zero-order chi connectivity index (χ0) is 15.5. The van der Waals surface area contributed by atoms with E-state index in [1.54, 1.807) is 0 Å². The van der Waals surface area contributed by atoms with Crippen molar-refractivity contribution < 1.29 is 4.79 Å². The van der Waals surface area contributed by atoms with Crippen LogP contribution in [0.2, 0.25) is 0 Å². The fourth-order valence-electron chi connectivity index (χ4n) is 3.19. The van der Waals surface area contributed by atoms with Gasteiger partial charge in [-0.1, -0.05) is 38.1 Å². The second-order valence-electron chi connectivity index (χ2n) is 6.82. The van der Waals surface area contributed by atoms with Crippen molar-refractivity contribution in [3.63, 3.8) is 0 Å². The molecule has 0 aliphatic carbocycles. The smallest absolute Gasteiger partial charge is 0.226 e. The molecule has 2 atom stereocenters. The standard InChI is InChI=1S/C18H28N2O/c1-13-8-5-6-10-16(13)14(2)20-17(21)18(3,4)15-9-7-11-19-12-15/h5-6,8,10,14-15,19H,7,9,11-12H2,1-4H3,(H,20,21)/t14-,15?/m0/s1. The highest BCUT2D eigenvalue weighted by Crippen LogP contribution is 2.32. The largest absolute Gasteiger partial charge is 0.349 e. The maximum Gasteiger partial charge on any atom is 0.226 e. The summed E-state index contributed by atoms with van der Waals surface area (Å²) in [6, 6.07) is 8.30. The normalized spacial score (nSPS) is 20.9. The van der Waals surface area contributed by atoms with Gasteiger partial charge >= 0.3 is 0 Å². The second kappa shape index (κ2) is 6.61. The first kappa shape index (κ1) is 16.0. The molecule has 1 aromatic rings. The Hall–Kier alpha value is -1.35. The molecule has 0 aromatic heterocycles. The molecule has 2 N–H and O–H groups in total. The van der Waals surface area contributed by atoms with Gasteiger partial charge in [0.15, 0.2) is 0 Å². The van der Waals surface area contributed by atoms with Crippen LogP contribution < -0.4 is 10.6 Å². The molecular weight excluding hydrogens is 260 g/mol. The van der Waals surface area contributed by atoms with Crippen molar-refractivity contribution in [2.45, 2.75) is 46.6 Å². The molecule has 1 aliphatic heterocycles. The van der Waals surface area contributed by atoms with E-state index in [0.29, 0.717) is 5.92 Å². The third kappa shape index (κ3) is 3.65. The number of hydrogen-bond donors (Lipinski definition) is 2. The van der Waals surface area contributed by atoms with Crippen molar-refractivity contribution >= 4 is 5.91 Å². The molecule has 3 nitrogen and oxygen atoms in total. The lowest BCUT2D eigenvalue weighted by molar-refractivity contribution is -0.133. The monoisotopic (exact) mass is 288 g/mol. The van der Waals surface area contributed by atoms with Crippen LogP contribution in [0.4, 0.5) is 0 Å². The molecule has 1 aromatic carbocycles. The topological polar surface area (TPSA) is 41.1 Å². The minimum atomic E-state index is -0.329. The molecule has 1 saturated heterocycles. The Kier molecular flexibility index (Phi) is 5.04. The lowest BCUT2D eigenvalue weighted by atomic mass is 9.74. The van der Waals surface area contributed by atoms with Gasteiger partial charge < -0.3 is 10.6 Å². The Morgan fingerprint density at radius 2 is 2.10 bits per heavy atom. The number of nitrogens with one attached hydrogen (secondary N) is 2. The van der Waals surface area contributed by atoms with Crippen LogP contribution in [0.5, 0.6) is 0 Å². The van der Waals surface area contributed by atoms with E-state index in [1.807, 2.05) is 12.1 Å². The molecule has 0 saturated carbocycles. The summed E-state index contributed by atoms with van der Waals surface area (Å²) >= 11 is 0. The molecule has 1 unspecified atom stereocenters. The van der Waals surface area contributed by atoms with Gasteiger partial charge in [0, 0.05) is 5.41 Å². The van der Waals surface area contributed by atoms with Gasteiger partial charge in [-0.2, -0.15) is 0 Å². The van der Waals surface area contributed by atoms with Crippen LogP contribution in [-0.2, 0) is 4.79 Å². The third-order valence-electron chi connectivity index (χ3n) is 4.91. The summed E-state index contributed by atoms with van der Waals surface area (Å²) in [5.74, 6) is 0.572. The first-order valence-electron chi connectivity index (χ1n) is 8.00. The zero-order valence-electron chi connectivity index (χ0n) is 13.7. The second-order valence-corrected chi connectivity index (χ2v) is 6.82. The van der Waals surface area contributed by atoms with E-state index in [4.69, 9.17) is 0 Å². The van der Waals surface area contributed by atoms with Gasteiger partial charge in [0.2, 0.25) is 5.91 Å². The van der Waals surface area contributed by atoms with Crippen LogP contribution in [0.25, 0.3) is 0 Å². The molecule has 116 valence electrons. The number of carbonyl (C=O) groups is 1. The number of amides is 1. The molecule has 1 fully saturated rings. The summed E-state index contributed by atoms with van der Waals surface area (Å²) in [4.78, 5) is 12.7. The molecule has 21 heavy (non-hydrogen) atoms. The SMILES string of the molecule is Cc1ccccc1[C@H](C)NC(=O)C(C)(C)C1CCCNC1. The molecule has 1 aliphatic rings. The number of aryl methyl sites for hydroxylation is 1. The summed E-state index contributed by atoms with van der Waals surface area (Å²) in [5, 5.41) is 6.62. The number of piperidine rings is 1. The molecular formula is C18H28N2O. The van der Waals surface area contributed by atoms with Crippen molar-refractivity contribution in [3.05, 3.63) is 35.4 Å². The minimum Gasteiger partial charge on any atom is -0.349 e. The number of rotatable bonds is 4. The fraction of sp³-hybridized carbons (Fsp3) is 0.611. The van der Waals surface area contributed by atoms with E-state index >= 15 is 0 Å². The van der Waals surface area contributed by atoms with E-state index in [0.717, 1.165) is 25.9 Å². The lowest BCUT2D eigenvalue weighted by Crippen LogP contribution is -2.47. The summed E-state index contributed by atoms with van der Waals surface area (Å²) in [6.45, 7) is 10.3. The summed E-state index contributed by atoms with van der Waals surface area (Å²) in [5.41, 5.74) is 2.09. The van der Waals surface area contributed by atoms with Crippen LogP contribution in [0, 0.1) is 18.3 Å². The number of carbonyl (C=O) groups excluding carboxylic acids is 1. The van der Waals surface area contributed by atoms with E-state index in [9.17, 15) is 4.79 Å². The number of hydrogen-bond acceptors (Lipinski definition) is 2. The quantitative estimate of drug-likeness (QED) is 0.893. The van der Waals surface area contributed by atoms with Crippen molar-refractivity contribution in [2.75, 3.05) is 13.1 Å². The number of benzene rings is 1. The van der Waals surface area contributed by atoms with Gasteiger partial charge in [-0.05, 0) is 56.8 Å². The highest BCUT2D eigenvalue weighted by atomic mass is 16.2. The van der Waals surface area contributed by atoms with Crippen molar-refractivity contribution in [3.8, 4) is 0 Å².